The van der Waals surface area contributed by atoms with E-state index in [4.69, 9.17) is 0 Å². The van der Waals surface area contributed by atoms with Crippen molar-refractivity contribution in [2.24, 2.45) is 4.99 Å². The zero-order valence-electron chi connectivity index (χ0n) is 18.4. The van der Waals surface area contributed by atoms with E-state index in [9.17, 15) is 9.90 Å². The van der Waals surface area contributed by atoms with Gasteiger partial charge in [-0.15, -0.1) is 24.0 Å². The lowest BCUT2D eigenvalue weighted by Gasteiger charge is -2.37. The Bertz CT molecular complexity index is 895. The number of piperazine rings is 1. The number of hydrogen-bond donors (Lipinski definition) is 2. The van der Waals surface area contributed by atoms with E-state index in [0.717, 1.165) is 56.4 Å². The molecule has 1 saturated heterocycles. The summed E-state index contributed by atoms with van der Waals surface area (Å²) in [6.45, 7) is 4.06. The van der Waals surface area contributed by atoms with Crippen molar-refractivity contribution < 1.29 is 9.90 Å². The van der Waals surface area contributed by atoms with Gasteiger partial charge in [0.25, 0.3) is 5.91 Å². The van der Waals surface area contributed by atoms with E-state index < -0.39 is 0 Å². The third-order valence-electron chi connectivity index (χ3n) is 5.29. The van der Waals surface area contributed by atoms with E-state index in [0.29, 0.717) is 11.3 Å². The van der Waals surface area contributed by atoms with Gasteiger partial charge >= 0.3 is 0 Å². The van der Waals surface area contributed by atoms with Crippen LogP contribution in [-0.4, -0.2) is 80.6 Å². The summed E-state index contributed by atoms with van der Waals surface area (Å²) in [5.74, 6) is 1.22. The van der Waals surface area contributed by atoms with Crippen molar-refractivity contribution in [2.45, 2.75) is 6.42 Å². The summed E-state index contributed by atoms with van der Waals surface area (Å²) in [6, 6.07) is 15.2. The monoisotopic (exact) mass is 537 g/mol. The van der Waals surface area contributed by atoms with Gasteiger partial charge in [0.1, 0.15) is 5.75 Å². The fraction of sp³-hybridized carbons (Fsp3) is 0.391. The lowest BCUT2D eigenvalue weighted by atomic mass is 10.1. The number of para-hydroxylation sites is 2. The van der Waals surface area contributed by atoms with Crippen LogP contribution < -0.4 is 10.2 Å². The van der Waals surface area contributed by atoms with Crippen LogP contribution in [0.2, 0.25) is 0 Å². The molecule has 0 saturated carbocycles. The molecule has 0 radical (unpaired) electrons. The highest BCUT2D eigenvalue weighted by atomic mass is 127. The van der Waals surface area contributed by atoms with Gasteiger partial charge in [0.2, 0.25) is 0 Å². The summed E-state index contributed by atoms with van der Waals surface area (Å²) in [7, 11) is 5.33. The van der Waals surface area contributed by atoms with Gasteiger partial charge in [0.15, 0.2) is 5.96 Å². The average molecular weight is 537 g/mol. The Kier molecular flexibility index (Phi) is 9.42. The molecule has 1 amide bonds. The minimum absolute atomic E-state index is 0. The molecule has 2 aromatic rings. The molecule has 1 aliphatic rings. The molecule has 0 unspecified atom stereocenters. The number of rotatable bonds is 5. The first-order valence-corrected chi connectivity index (χ1v) is 10.3. The van der Waals surface area contributed by atoms with Crippen molar-refractivity contribution in [1.82, 2.24) is 15.1 Å². The van der Waals surface area contributed by atoms with E-state index in [-0.39, 0.29) is 29.9 Å². The van der Waals surface area contributed by atoms with Gasteiger partial charge in [-0.25, -0.2) is 0 Å². The minimum Gasteiger partial charge on any atom is -0.506 e. The summed E-state index contributed by atoms with van der Waals surface area (Å²) in [4.78, 5) is 22.6. The highest BCUT2D eigenvalue weighted by molar-refractivity contribution is 14.0. The zero-order valence-corrected chi connectivity index (χ0v) is 20.7. The fourth-order valence-electron chi connectivity index (χ4n) is 3.66. The Morgan fingerprint density at radius 1 is 1.10 bits per heavy atom. The van der Waals surface area contributed by atoms with Crippen LogP contribution in [-0.2, 0) is 6.42 Å². The van der Waals surface area contributed by atoms with Gasteiger partial charge in [-0.3, -0.25) is 9.79 Å². The number of aromatic hydroxyl groups is 1. The molecule has 0 bridgehead atoms. The molecule has 1 fully saturated rings. The van der Waals surface area contributed by atoms with Gasteiger partial charge in [-0.1, -0.05) is 24.3 Å². The highest BCUT2D eigenvalue weighted by Crippen LogP contribution is 2.27. The molecule has 0 spiro atoms. The second kappa shape index (κ2) is 11.8. The van der Waals surface area contributed by atoms with Crippen molar-refractivity contribution >= 4 is 41.5 Å². The molecule has 8 heteroatoms. The molecule has 0 atom stereocenters. The molecular weight excluding hydrogens is 505 g/mol. The second-order valence-electron chi connectivity index (χ2n) is 7.59. The molecule has 7 nitrogen and oxygen atoms in total. The zero-order chi connectivity index (χ0) is 21.5. The third kappa shape index (κ3) is 6.49. The number of nitrogens with one attached hydrogen (secondary N) is 1. The van der Waals surface area contributed by atoms with Crippen LogP contribution >= 0.6 is 24.0 Å². The number of hydrogen-bond acceptors (Lipinski definition) is 4. The number of benzene rings is 2. The second-order valence-corrected chi connectivity index (χ2v) is 7.59. The number of phenols is 1. The summed E-state index contributed by atoms with van der Waals surface area (Å²) < 4.78 is 0. The Hall–Kier alpha value is -2.49. The maximum absolute atomic E-state index is 12.1. The van der Waals surface area contributed by atoms with E-state index in [1.165, 1.54) is 0 Å². The van der Waals surface area contributed by atoms with Gasteiger partial charge in [0.05, 0.1) is 5.69 Å². The molecular formula is C23H32IN5O2. The summed E-state index contributed by atoms with van der Waals surface area (Å²) >= 11 is 0. The van der Waals surface area contributed by atoms with Gasteiger partial charge in [-0.05, 0) is 36.2 Å². The molecule has 3 rings (SSSR count). The summed E-state index contributed by atoms with van der Waals surface area (Å²) in [5, 5.41) is 13.5. The van der Waals surface area contributed by atoms with Gasteiger partial charge < -0.3 is 25.1 Å². The Labute approximate surface area is 201 Å². The quantitative estimate of drug-likeness (QED) is 0.349. The maximum atomic E-state index is 12.1. The smallest absolute Gasteiger partial charge is 0.253 e. The summed E-state index contributed by atoms with van der Waals surface area (Å²) in [5.41, 5.74) is 2.71. The van der Waals surface area contributed by atoms with E-state index in [2.05, 4.69) is 20.1 Å². The van der Waals surface area contributed by atoms with Crippen LogP contribution in [0.1, 0.15) is 15.9 Å². The van der Waals surface area contributed by atoms with Crippen LogP contribution in [0.5, 0.6) is 5.75 Å². The number of guanidine groups is 1. The maximum Gasteiger partial charge on any atom is 0.253 e. The van der Waals surface area contributed by atoms with Crippen LogP contribution in [0.4, 0.5) is 5.69 Å². The predicted molar refractivity (Wildman–Crippen MR) is 137 cm³/mol. The van der Waals surface area contributed by atoms with Crippen LogP contribution in [0.15, 0.2) is 53.5 Å². The average Bonchev–Trinajstić information content (AvgIpc) is 2.77. The number of halogens is 1. The topological polar surface area (TPSA) is 71.4 Å². The number of amides is 1. The molecule has 0 aromatic heterocycles. The molecule has 1 heterocycles. The predicted octanol–water partition coefficient (Wildman–Crippen LogP) is 2.65. The molecule has 1 aliphatic heterocycles. The first kappa shape index (κ1) is 24.8. The number of aliphatic imine (C=N–C) groups is 1. The number of carbonyl (C=O) groups excluding carboxylic acids is 1. The lowest BCUT2D eigenvalue weighted by Crippen LogP contribution is -2.52. The first-order valence-electron chi connectivity index (χ1n) is 10.3. The van der Waals surface area contributed by atoms with E-state index >= 15 is 0 Å². The number of phenolic OH excluding ortho intramolecular Hbond substituents is 1. The Balaban J connectivity index is 0.00000341. The van der Waals surface area contributed by atoms with E-state index in [1.807, 2.05) is 42.5 Å². The van der Waals surface area contributed by atoms with E-state index in [1.54, 1.807) is 32.1 Å². The van der Waals surface area contributed by atoms with Crippen LogP contribution in [0, 0.1) is 0 Å². The van der Waals surface area contributed by atoms with Crippen LogP contribution in [0.25, 0.3) is 0 Å². The number of carbonyl (C=O) groups is 1. The largest absolute Gasteiger partial charge is 0.506 e. The molecule has 2 aromatic carbocycles. The fourth-order valence-corrected chi connectivity index (χ4v) is 3.66. The third-order valence-corrected chi connectivity index (χ3v) is 5.29. The van der Waals surface area contributed by atoms with Crippen molar-refractivity contribution in [3.63, 3.8) is 0 Å². The minimum atomic E-state index is 0. The molecule has 31 heavy (non-hydrogen) atoms. The van der Waals surface area contributed by atoms with Crippen LogP contribution in [0.3, 0.4) is 0 Å². The summed E-state index contributed by atoms with van der Waals surface area (Å²) in [6.07, 6.45) is 0.811. The standard InChI is InChI=1S/C23H31N5O2.HI/c1-24-23(25-12-11-18-7-6-8-19(17-18)22(30)26(2)3)28-15-13-27(14-16-28)20-9-4-5-10-21(20)29;/h4-10,17,29H,11-16H2,1-3H3,(H,24,25);1H. The highest BCUT2D eigenvalue weighted by Gasteiger charge is 2.21. The SMILES string of the molecule is CN=C(NCCc1cccc(C(=O)N(C)C)c1)N1CCN(c2ccccc2O)CC1.I. The van der Waals surface area contributed by atoms with Crippen molar-refractivity contribution in [2.75, 3.05) is 58.8 Å². The Morgan fingerprint density at radius 3 is 2.45 bits per heavy atom. The Morgan fingerprint density at radius 2 is 1.81 bits per heavy atom. The van der Waals surface area contributed by atoms with Crippen molar-refractivity contribution in [1.29, 1.82) is 0 Å². The molecule has 168 valence electrons. The molecule has 0 aliphatic carbocycles. The van der Waals surface area contributed by atoms with Gasteiger partial charge in [0, 0.05) is 59.4 Å². The lowest BCUT2D eigenvalue weighted by molar-refractivity contribution is 0.0827. The number of anilines is 1. The van der Waals surface area contributed by atoms with Gasteiger partial charge in [-0.2, -0.15) is 0 Å². The van der Waals surface area contributed by atoms with Crippen molar-refractivity contribution in [3.8, 4) is 5.75 Å². The normalized spacial score (nSPS) is 14.1. The number of nitrogens with zero attached hydrogens (tertiary/aromatic N) is 4. The van der Waals surface area contributed by atoms with Crippen molar-refractivity contribution in [3.05, 3.63) is 59.7 Å². The molecule has 2 N–H and O–H groups in total. The first-order chi connectivity index (χ1) is 14.5.